The summed E-state index contributed by atoms with van der Waals surface area (Å²) in [6.07, 6.45) is -2.63. The highest BCUT2D eigenvalue weighted by atomic mass is 32.2. The Morgan fingerprint density at radius 1 is 1.03 bits per heavy atom. The summed E-state index contributed by atoms with van der Waals surface area (Å²) in [5.41, 5.74) is -0.373. The van der Waals surface area contributed by atoms with E-state index in [2.05, 4.69) is 9.84 Å². The van der Waals surface area contributed by atoms with Gasteiger partial charge in [-0.3, -0.25) is 0 Å². The molecule has 2 N–H and O–H groups in total. The van der Waals surface area contributed by atoms with Crippen LogP contribution in [0.15, 0.2) is 70.8 Å². The Kier molecular flexibility index (Phi) is 5.07. The smallest absolute Gasteiger partial charge is 0.438 e. The quantitative estimate of drug-likeness (QED) is 0.600. The third kappa shape index (κ3) is 3.92. The highest BCUT2D eigenvalue weighted by Gasteiger charge is 2.45. The minimum Gasteiger partial charge on any atom is -0.465 e. The normalized spacial score (nSPS) is 19.1. The lowest BCUT2D eigenvalue weighted by Gasteiger charge is -2.25. The van der Waals surface area contributed by atoms with Gasteiger partial charge in [0.1, 0.15) is 6.20 Å². The van der Waals surface area contributed by atoms with E-state index in [4.69, 9.17) is 5.14 Å². The van der Waals surface area contributed by atoms with E-state index in [1.165, 1.54) is 61.8 Å². The van der Waals surface area contributed by atoms with Gasteiger partial charge in [-0.25, -0.2) is 18.4 Å². The number of allylic oxidation sites excluding steroid dienone is 1. The first kappa shape index (κ1) is 20.7. The predicted octanol–water partition coefficient (Wildman–Crippen LogP) is 3.21. The molecule has 0 amide bonds. The number of carbonyl (C=O) groups excluding carboxylic acids is 1. The minimum atomic E-state index is -4.68. The fraction of sp³-hybridized carbons (Fsp3) is 0.111. The summed E-state index contributed by atoms with van der Waals surface area (Å²) in [6, 6.07) is 10.7. The molecule has 1 unspecified atom stereocenters. The Hall–Kier alpha value is -3.02. The average molecular weight is 426 g/mol. The second-order valence-electron chi connectivity index (χ2n) is 6.06. The zero-order valence-corrected chi connectivity index (χ0v) is 15.7. The highest BCUT2D eigenvalue weighted by molar-refractivity contribution is 7.89. The Morgan fingerprint density at radius 2 is 1.55 bits per heavy atom. The summed E-state index contributed by atoms with van der Waals surface area (Å²) in [6.45, 7) is 0. The van der Waals surface area contributed by atoms with Crippen LogP contribution in [0.4, 0.5) is 24.5 Å². The van der Waals surface area contributed by atoms with Crippen molar-refractivity contribution < 1.29 is 31.1 Å². The number of methoxy groups -OCH3 is 1. The van der Waals surface area contributed by atoms with E-state index in [0.29, 0.717) is 0 Å². The molecule has 3 rings (SSSR count). The first-order valence-electron chi connectivity index (χ1n) is 8.05. The average Bonchev–Trinajstić information content (AvgIpc) is 3.14. The highest BCUT2D eigenvalue weighted by Crippen LogP contribution is 2.41. The molecule has 0 saturated carbocycles. The van der Waals surface area contributed by atoms with Gasteiger partial charge in [0.25, 0.3) is 0 Å². The first-order chi connectivity index (χ1) is 13.5. The van der Waals surface area contributed by atoms with Crippen LogP contribution in [0.2, 0.25) is 0 Å². The number of nitrogens with two attached hydrogens (primary N) is 1. The summed E-state index contributed by atoms with van der Waals surface area (Å²) < 4.78 is 66.5. The van der Waals surface area contributed by atoms with Crippen LogP contribution in [-0.2, 0) is 14.8 Å². The lowest BCUT2D eigenvalue weighted by molar-refractivity contribution is -0.0580. The van der Waals surface area contributed by atoms with Crippen LogP contribution in [0.1, 0.15) is 10.4 Å². The maximum absolute atomic E-state index is 13.2. The van der Waals surface area contributed by atoms with Gasteiger partial charge in [-0.1, -0.05) is 5.10 Å². The van der Waals surface area contributed by atoms with Crippen molar-refractivity contribution in [2.45, 2.75) is 11.1 Å². The van der Waals surface area contributed by atoms with E-state index in [0.717, 1.165) is 6.08 Å². The number of alkyl halides is 3. The van der Waals surface area contributed by atoms with Gasteiger partial charge in [0, 0.05) is 30.3 Å². The zero-order chi connectivity index (χ0) is 21.4. The minimum absolute atomic E-state index is 0.191. The molecule has 1 atom stereocenters. The van der Waals surface area contributed by atoms with Crippen molar-refractivity contribution >= 4 is 33.1 Å². The predicted molar refractivity (Wildman–Crippen MR) is 99.7 cm³/mol. The molecular formula is C18H15F3N3O4S+. The number of benzene rings is 2. The summed E-state index contributed by atoms with van der Waals surface area (Å²) in [4.78, 5) is 11.4. The number of rotatable bonds is 4. The van der Waals surface area contributed by atoms with Crippen molar-refractivity contribution in [1.29, 1.82) is 0 Å². The fourth-order valence-electron chi connectivity index (χ4n) is 2.81. The van der Waals surface area contributed by atoms with Crippen molar-refractivity contribution in [3.8, 4) is 0 Å². The second-order valence-corrected chi connectivity index (χ2v) is 7.62. The van der Waals surface area contributed by atoms with Gasteiger partial charge in [0.05, 0.1) is 17.6 Å². The van der Waals surface area contributed by atoms with Crippen LogP contribution in [0.5, 0.6) is 0 Å². The molecule has 29 heavy (non-hydrogen) atoms. The van der Waals surface area contributed by atoms with Gasteiger partial charge in [-0.2, -0.15) is 13.2 Å². The fourth-order valence-corrected chi connectivity index (χ4v) is 3.32. The molecule has 1 aliphatic heterocycles. The number of halogens is 3. The number of quaternary nitrogens is 1. The Bertz CT molecular complexity index is 1110. The molecule has 7 nitrogen and oxygen atoms in total. The van der Waals surface area contributed by atoms with Crippen LogP contribution in [-0.4, -0.2) is 33.4 Å². The lowest BCUT2D eigenvalue weighted by atomic mass is 10.1. The van der Waals surface area contributed by atoms with E-state index in [1.54, 1.807) is 0 Å². The van der Waals surface area contributed by atoms with E-state index in [1.807, 2.05) is 0 Å². The molecule has 1 aliphatic rings. The number of hydrogen-bond donors (Lipinski definition) is 1. The number of primary sulfonamides is 1. The largest absolute Gasteiger partial charge is 0.465 e. The van der Waals surface area contributed by atoms with Crippen molar-refractivity contribution in [3.63, 3.8) is 0 Å². The first-order valence-corrected chi connectivity index (χ1v) is 9.60. The van der Waals surface area contributed by atoms with Crippen molar-refractivity contribution in [1.82, 2.24) is 4.59 Å². The van der Waals surface area contributed by atoms with Crippen LogP contribution >= 0.6 is 0 Å². The van der Waals surface area contributed by atoms with Gasteiger partial charge in [0.15, 0.2) is 11.4 Å². The monoisotopic (exact) mass is 426 g/mol. The van der Waals surface area contributed by atoms with E-state index < -0.39 is 32.5 Å². The Labute approximate surface area is 164 Å². The maximum Gasteiger partial charge on any atom is 0.438 e. The molecule has 0 aliphatic carbocycles. The summed E-state index contributed by atoms with van der Waals surface area (Å²) in [5.74, 6) is -0.600. The summed E-state index contributed by atoms with van der Waals surface area (Å²) >= 11 is 0. The van der Waals surface area contributed by atoms with E-state index in [-0.39, 0.29) is 21.8 Å². The molecule has 11 heteroatoms. The second kappa shape index (κ2) is 7.10. The van der Waals surface area contributed by atoms with Gasteiger partial charge in [-0.15, -0.1) is 4.59 Å². The molecule has 152 valence electrons. The van der Waals surface area contributed by atoms with Crippen molar-refractivity contribution in [2.24, 2.45) is 10.2 Å². The van der Waals surface area contributed by atoms with Gasteiger partial charge < -0.3 is 4.74 Å². The summed E-state index contributed by atoms with van der Waals surface area (Å²) in [5, 5.41) is 8.91. The van der Waals surface area contributed by atoms with Crippen molar-refractivity contribution in [2.75, 3.05) is 7.11 Å². The number of nitrogens with zero attached hydrogens (tertiary/aromatic N) is 2. The van der Waals surface area contributed by atoms with Crippen LogP contribution in [0.25, 0.3) is 0 Å². The van der Waals surface area contributed by atoms with Gasteiger partial charge >= 0.3 is 12.1 Å². The zero-order valence-electron chi connectivity index (χ0n) is 14.9. The Balaban J connectivity index is 2.16. The van der Waals surface area contributed by atoms with Crippen LogP contribution in [0.3, 0.4) is 0 Å². The standard InChI is InChI=1S/C18H15F3N3O4S/c1-28-17(25)12-2-4-13(5-3-12)24(11-10-16(23-24)18(19,20)21)14-6-8-15(9-7-14)29(22,26)27/h2-11H,1H3,(H2,22,26,27)/q+1. The number of ether oxygens (including phenoxy) is 1. The number of esters is 1. The van der Waals surface area contributed by atoms with Crippen molar-refractivity contribution in [3.05, 3.63) is 66.4 Å². The van der Waals surface area contributed by atoms with Crippen LogP contribution < -0.4 is 9.73 Å². The third-order valence-electron chi connectivity index (χ3n) is 4.24. The molecule has 1 heterocycles. The maximum atomic E-state index is 13.2. The van der Waals surface area contributed by atoms with Gasteiger partial charge in [-0.05, 0) is 24.3 Å². The number of hydrogen-bond acceptors (Lipinski definition) is 5. The Morgan fingerprint density at radius 3 is 1.97 bits per heavy atom. The van der Waals surface area contributed by atoms with E-state index >= 15 is 0 Å². The molecule has 0 fully saturated rings. The summed E-state index contributed by atoms with van der Waals surface area (Å²) in [7, 11) is -2.76. The van der Waals surface area contributed by atoms with E-state index in [9.17, 15) is 26.4 Å². The molecule has 0 spiro atoms. The SMILES string of the molecule is COC(=O)c1ccc([N+]2(c3ccc(S(N)(=O)=O)cc3)C=CC(C(F)(F)F)=N2)cc1. The number of carbonyl (C=O) groups is 1. The topological polar surface area (TPSA) is 98.8 Å². The van der Waals surface area contributed by atoms with Gasteiger partial charge in [0.2, 0.25) is 15.7 Å². The molecule has 2 aromatic rings. The molecule has 0 saturated heterocycles. The number of sulfonamides is 1. The molecule has 0 bridgehead atoms. The molecule has 0 aromatic heterocycles. The molecule has 2 aromatic carbocycles. The van der Waals surface area contributed by atoms with Crippen LogP contribution in [0, 0.1) is 0 Å². The lowest BCUT2D eigenvalue weighted by Crippen LogP contribution is -2.32. The molecular weight excluding hydrogens is 411 g/mol. The molecule has 0 radical (unpaired) electrons. The third-order valence-corrected chi connectivity index (χ3v) is 5.17.